The molecule has 2 amide bonds. The summed E-state index contributed by atoms with van der Waals surface area (Å²) in [4.78, 5) is 15.7. The number of hydrogen-bond acceptors (Lipinski definition) is 5. The molecule has 1 aromatic carbocycles. The summed E-state index contributed by atoms with van der Waals surface area (Å²) < 4.78 is 25.7. The molecular formula is C14H20N6O3S. The Hall–Kier alpha value is -2.46. The number of carbonyl (C=O) groups excluding carboxylic acids is 1. The number of rotatable bonds is 7. The van der Waals surface area contributed by atoms with E-state index in [-0.39, 0.29) is 25.2 Å². The van der Waals surface area contributed by atoms with Crippen molar-refractivity contribution in [3.05, 3.63) is 42.5 Å². The van der Waals surface area contributed by atoms with Gasteiger partial charge in [0.15, 0.2) is 0 Å². The largest absolute Gasteiger partial charge is 0.337 e. The molecule has 9 nitrogen and oxygen atoms in total. The summed E-state index contributed by atoms with van der Waals surface area (Å²) >= 11 is 0. The molecule has 24 heavy (non-hydrogen) atoms. The Bertz CT molecular complexity index is 758. The molecule has 0 fully saturated rings. The highest BCUT2D eigenvalue weighted by molar-refractivity contribution is 7.88. The Morgan fingerprint density at radius 3 is 2.54 bits per heavy atom. The lowest BCUT2D eigenvalue weighted by Crippen LogP contribution is -2.41. The Labute approximate surface area is 140 Å². The lowest BCUT2D eigenvalue weighted by Gasteiger charge is -2.15. The molecule has 0 aliphatic rings. The Balaban J connectivity index is 1.81. The number of carbonyl (C=O) groups is 1. The van der Waals surface area contributed by atoms with Crippen molar-refractivity contribution in [1.82, 2.24) is 30.1 Å². The summed E-state index contributed by atoms with van der Waals surface area (Å²) in [5, 5.41) is 9.42. The molecule has 2 aromatic rings. The van der Waals surface area contributed by atoms with E-state index in [1.54, 1.807) is 11.0 Å². The first-order valence-electron chi connectivity index (χ1n) is 7.29. The van der Waals surface area contributed by atoms with Gasteiger partial charge < -0.3 is 10.6 Å². The lowest BCUT2D eigenvalue weighted by atomic mass is 10.1. The maximum absolute atomic E-state index is 11.8. The Morgan fingerprint density at radius 1 is 1.25 bits per heavy atom. The third kappa shape index (κ3) is 5.63. The first-order chi connectivity index (χ1) is 11.3. The number of nitrogens with zero attached hydrogens (tertiary/aromatic N) is 3. The van der Waals surface area contributed by atoms with Crippen LogP contribution in [0.4, 0.5) is 4.79 Å². The second-order valence-electron chi connectivity index (χ2n) is 5.22. The van der Waals surface area contributed by atoms with Gasteiger partial charge >= 0.3 is 6.03 Å². The van der Waals surface area contributed by atoms with E-state index < -0.39 is 10.0 Å². The van der Waals surface area contributed by atoms with Gasteiger partial charge in [0.25, 0.3) is 0 Å². The molecule has 0 bridgehead atoms. The van der Waals surface area contributed by atoms with Crippen LogP contribution in [0.2, 0.25) is 0 Å². The number of amides is 2. The zero-order valence-corrected chi connectivity index (χ0v) is 14.2. The van der Waals surface area contributed by atoms with Crippen LogP contribution in [0.3, 0.4) is 0 Å². The van der Waals surface area contributed by atoms with Gasteiger partial charge in [0, 0.05) is 13.1 Å². The normalized spacial score (nSPS) is 12.6. The van der Waals surface area contributed by atoms with Gasteiger partial charge in [-0.3, -0.25) is 0 Å². The van der Waals surface area contributed by atoms with Crippen LogP contribution < -0.4 is 15.4 Å². The molecule has 3 N–H and O–H groups in total. The van der Waals surface area contributed by atoms with E-state index in [2.05, 4.69) is 25.4 Å². The molecule has 0 aliphatic carbocycles. The lowest BCUT2D eigenvalue weighted by molar-refractivity contribution is 0.238. The second kappa shape index (κ2) is 7.88. The summed E-state index contributed by atoms with van der Waals surface area (Å²) in [5.74, 6) is 0. The summed E-state index contributed by atoms with van der Waals surface area (Å²) in [7, 11) is -3.24. The predicted octanol–water partition coefficient (Wildman–Crippen LogP) is 0.177. The van der Waals surface area contributed by atoms with Gasteiger partial charge in [-0.1, -0.05) is 12.1 Å². The van der Waals surface area contributed by atoms with Crippen LogP contribution >= 0.6 is 0 Å². The van der Waals surface area contributed by atoms with E-state index in [4.69, 9.17) is 0 Å². The third-order valence-electron chi connectivity index (χ3n) is 3.20. The van der Waals surface area contributed by atoms with Gasteiger partial charge in [0.05, 0.1) is 18.0 Å². The molecule has 0 aliphatic heterocycles. The zero-order valence-electron chi connectivity index (χ0n) is 13.4. The number of urea groups is 1. The predicted molar refractivity (Wildman–Crippen MR) is 89.2 cm³/mol. The standard InChI is InChI=1S/C14H20N6O3S/c1-11(19-14(21)16-7-8-18-24(2,22)23)12-3-5-13(6-4-12)20-10-15-9-17-20/h3-6,9-11,18H,7-8H2,1-2H3,(H2,16,19,21). The van der Waals surface area contributed by atoms with Crippen molar-refractivity contribution in [3.8, 4) is 5.69 Å². The van der Waals surface area contributed by atoms with Crippen molar-refractivity contribution in [2.75, 3.05) is 19.3 Å². The van der Waals surface area contributed by atoms with Gasteiger partial charge in [-0.15, -0.1) is 0 Å². The first-order valence-corrected chi connectivity index (χ1v) is 9.18. The van der Waals surface area contributed by atoms with Crippen LogP contribution in [0.5, 0.6) is 0 Å². The smallest absolute Gasteiger partial charge is 0.315 e. The summed E-state index contributed by atoms with van der Waals surface area (Å²) in [6.07, 6.45) is 4.13. The van der Waals surface area contributed by atoms with E-state index >= 15 is 0 Å². The van der Waals surface area contributed by atoms with Crippen LogP contribution in [0, 0.1) is 0 Å². The molecule has 0 spiro atoms. The zero-order chi connectivity index (χ0) is 17.6. The maximum Gasteiger partial charge on any atom is 0.315 e. The highest BCUT2D eigenvalue weighted by Crippen LogP contribution is 2.14. The average Bonchev–Trinajstić information content (AvgIpc) is 3.05. The van der Waals surface area contributed by atoms with Crippen LogP contribution in [-0.4, -0.2) is 48.6 Å². The highest BCUT2D eigenvalue weighted by Gasteiger charge is 2.09. The molecule has 10 heteroatoms. The van der Waals surface area contributed by atoms with E-state index in [9.17, 15) is 13.2 Å². The van der Waals surface area contributed by atoms with E-state index in [0.29, 0.717) is 0 Å². The quantitative estimate of drug-likeness (QED) is 0.614. The third-order valence-corrected chi connectivity index (χ3v) is 3.93. The summed E-state index contributed by atoms with van der Waals surface area (Å²) in [6.45, 7) is 2.21. The molecule has 0 saturated carbocycles. The maximum atomic E-state index is 11.8. The van der Waals surface area contributed by atoms with Crippen molar-refractivity contribution >= 4 is 16.1 Å². The van der Waals surface area contributed by atoms with Crippen molar-refractivity contribution in [2.24, 2.45) is 0 Å². The average molecular weight is 352 g/mol. The van der Waals surface area contributed by atoms with Crippen LogP contribution in [0.25, 0.3) is 5.69 Å². The van der Waals surface area contributed by atoms with Gasteiger partial charge in [-0.05, 0) is 24.6 Å². The van der Waals surface area contributed by atoms with Crippen molar-refractivity contribution in [3.63, 3.8) is 0 Å². The minimum absolute atomic E-state index is 0.146. The molecule has 2 rings (SSSR count). The number of sulfonamides is 1. The van der Waals surface area contributed by atoms with Gasteiger partial charge in [-0.2, -0.15) is 5.10 Å². The minimum Gasteiger partial charge on any atom is -0.337 e. The summed E-state index contributed by atoms with van der Waals surface area (Å²) in [6, 6.07) is 7.00. The molecule has 1 unspecified atom stereocenters. The molecule has 0 radical (unpaired) electrons. The van der Waals surface area contributed by atoms with Crippen LogP contribution in [0.15, 0.2) is 36.9 Å². The number of hydrogen-bond donors (Lipinski definition) is 3. The van der Waals surface area contributed by atoms with Gasteiger partial charge in [0.2, 0.25) is 10.0 Å². The molecule has 0 saturated heterocycles. The second-order valence-corrected chi connectivity index (χ2v) is 7.05. The summed E-state index contributed by atoms with van der Waals surface area (Å²) in [5.41, 5.74) is 1.81. The molecule has 1 atom stereocenters. The minimum atomic E-state index is -3.24. The van der Waals surface area contributed by atoms with Crippen molar-refractivity contribution < 1.29 is 13.2 Å². The Morgan fingerprint density at radius 2 is 1.96 bits per heavy atom. The molecule has 1 heterocycles. The van der Waals surface area contributed by atoms with E-state index in [1.807, 2.05) is 31.2 Å². The van der Waals surface area contributed by atoms with Crippen LogP contribution in [0.1, 0.15) is 18.5 Å². The number of benzene rings is 1. The van der Waals surface area contributed by atoms with Crippen molar-refractivity contribution in [2.45, 2.75) is 13.0 Å². The van der Waals surface area contributed by atoms with Crippen LogP contribution in [-0.2, 0) is 10.0 Å². The SMILES string of the molecule is CC(NC(=O)NCCNS(C)(=O)=O)c1ccc(-n2cncn2)cc1. The molecule has 130 valence electrons. The molecular weight excluding hydrogens is 332 g/mol. The topological polar surface area (TPSA) is 118 Å². The Kier molecular flexibility index (Phi) is 5.88. The monoisotopic (exact) mass is 352 g/mol. The van der Waals surface area contributed by atoms with E-state index in [1.165, 1.54) is 6.33 Å². The first kappa shape index (κ1) is 17.9. The van der Waals surface area contributed by atoms with E-state index in [0.717, 1.165) is 17.5 Å². The van der Waals surface area contributed by atoms with Gasteiger partial charge in [-0.25, -0.2) is 27.6 Å². The fourth-order valence-electron chi connectivity index (χ4n) is 2.00. The fraction of sp³-hybridized carbons (Fsp3) is 0.357. The molecule has 1 aromatic heterocycles. The van der Waals surface area contributed by atoms with Gasteiger partial charge in [0.1, 0.15) is 12.7 Å². The number of nitrogens with one attached hydrogen (secondary N) is 3. The fourth-order valence-corrected chi connectivity index (χ4v) is 2.47. The highest BCUT2D eigenvalue weighted by atomic mass is 32.2. The van der Waals surface area contributed by atoms with Crippen molar-refractivity contribution in [1.29, 1.82) is 0 Å². The number of aromatic nitrogens is 3.